The second-order valence-corrected chi connectivity index (χ2v) is 4.25. The summed E-state index contributed by atoms with van der Waals surface area (Å²) < 4.78 is 4.89. The Morgan fingerprint density at radius 2 is 1.44 bits per heavy atom. The summed E-state index contributed by atoms with van der Waals surface area (Å²) in [7, 11) is 0. The third-order valence-corrected chi connectivity index (χ3v) is 2.68. The summed E-state index contributed by atoms with van der Waals surface area (Å²) in [4.78, 5) is 10.7. The summed E-state index contributed by atoms with van der Waals surface area (Å²) in [5.74, 6) is -0.292. The summed E-state index contributed by atoms with van der Waals surface area (Å²) in [5.41, 5.74) is 5.12. The van der Waals surface area contributed by atoms with E-state index < -0.39 is 0 Å². The quantitative estimate of drug-likeness (QED) is 0.437. The molecule has 0 amide bonds. The zero-order valence-electron chi connectivity index (χ0n) is 10.7. The maximum absolute atomic E-state index is 10.7. The molecule has 0 heterocycles. The summed E-state index contributed by atoms with van der Waals surface area (Å²) in [5, 5.41) is 0. The highest BCUT2D eigenvalue weighted by Gasteiger charge is 1.97. The van der Waals surface area contributed by atoms with Crippen molar-refractivity contribution < 1.29 is 9.53 Å². The lowest BCUT2D eigenvalue weighted by Crippen LogP contribution is -2.17. The highest BCUT2D eigenvalue weighted by Crippen LogP contribution is 2.09. The van der Waals surface area contributed by atoms with Crippen molar-refractivity contribution in [2.45, 2.75) is 64.7 Å². The van der Waals surface area contributed by atoms with E-state index in [9.17, 15) is 4.79 Å². The Hall–Kier alpha value is -0.570. The van der Waals surface area contributed by atoms with Crippen LogP contribution in [-0.4, -0.2) is 19.1 Å². The molecule has 0 saturated carbocycles. The van der Waals surface area contributed by atoms with E-state index in [0.29, 0.717) is 6.61 Å². The molecule has 0 radical (unpaired) electrons. The number of rotatable bonds is 11. The SMILES string of the molecule is CCCCCCCCCCCOC(=O)CN. The van der Waals surface area contributed by atoms with Crippen molar-refractivity contribution in [3.63, 3.8) is 0 Å². The Bertz CT molecular complexity index is 160. The fraction of sp³-hybridized carbons (Fsp3) is 0.923. The molecule has 0 aliphatic carbocycles. The van der Waals surface area contributed by atoms with Crippen LogP contribution in [0.2, 0.25) is 0 Å². The topological polar surface area (TPSA) is 52.3 Å². The van der Waals surface area contributed by atoms with E-state index in [1.807, 2.05) is 0 Å². The van der Waals surface area contributed by atoms with Gasteiger partial charge in [-0.1, -0.05) is 58.3 Å². The lowest BCUT2D eigenvalue weighted by molar-refractivity contribution is -0.142. The first-order chi connectivity index (χ1) is 7.81. The molecule has 0 fully saturated rings. The molecule has 0 unspecified atom stereocenters. The fourth-order valence-corrected chi connectivity index (χ4v) is 1.66. The van der Waals surface area contributed by atoms with Crippen molar-refractivity contribution in [1.82, 2.24) is 0 Å². The van der Waals surface area contributed by atoms with E-state index in [-0.39, 0.29) is 12.5 Å². The summed E-state index contributed by atoms with van der Waals surface area (Å²) in [6, 6.07) is 0. The first-order valence-corrected chi connectivity index (χ1v) is 6.67. The summed E-state index contributed by atoms with van der Waals surface area (Å²) >= 11 is 0. The molecular formula is C13H27NO2. The van der Waals surface area contributed by atoms with Gasteiger partial charge in [-0.25, -0.2) is 0 Å². The molecule has 0 aromatic heterocycles. The molecule has 3 heteroatoms. The summed E-state index contributed by atoms with van der Waals surface area (Å²) in [6.45, 7) is 2.77. The Labute approximate surface area is 99.7 Å². The molecule has 0 rings (SSSR count). The first kappa shape index (κ1) is 15.4. The number of nitrogens with two attached hydrogens (primary N) is 1. The van der Waals surface area contributed by atoms with E-state index in [4.69, 9.17) is 10.5 Å². The van der Waals surface area contributed by atoms with Crippen LogP contribution in [0.1, 0.15) is 64.7 Å². The molecular weight excluding hydrogens is 202 g/mol. The predicted octanol–water partition coefficient (Wildman–Crippen LogP) is 3.02. The van der Waals surface area contributed by atoms with Gasteiger partial charge in [-0.3, -0.25) is 4.79 Å². The predicted molar refractivity (Wildman–Crippen MR) is 67.2 cm³/mol. The van der Waals surface area contributed by atoms with Gasteiger partial charge in [0, 0.05) is 0 Å². The van der Waals surface area contributed by atoms with E-state index in [1.165, 1.54) is 44.9 Å². The number of carbonyl (C=O) groups excluding carboxylic acids is 1. The molecule has 0 aromatic carbocycles. The Morgan fingerprint density at radius 3 is 1.94 bits per heavy atom. The molecule has 0 aliphatic heterocycles. The molecule has 0 atom stereocenters. The smallest absolute Gasteiger partial charge is 0.319 e. The van der Waals surface area contributed by atoms with E-state index in [0.717, 1.165) is 12.8 Å². The average molecular weight is 229 g/mol. The second-order valence-electron chi connectivity index (χ2n) is 4.25. The van der Waals surface area contributed by atoms with Gasteiger partial charge in [0.2, 0.25) is 0 Å². The number of hydrogen-bond donors (Lipinski definition) is 1. The van der Waals surface area contributed by atoms with Gasteiger partial charge in [0.25, 0.3) is 0 Å². The van der Waals surface area contributed by atoms with Crippen LogP contribution in [0, 0.1) is 0 Å². The molecule has 2 N–H and O–H groups in total. The maximum Gasteiger partial charge on any atom is 0.319 e. The van der Waals surface area contributed by atoms with E-state index >= 15 is 0 Å². The number of hydrogen-bond acceptors (Lipinski definition) is 3. The molecule has 96 valence electrons. The largest absolute Gasteiger partial charge is 0.465 e. The van der Waals surface area contributed by atoms with Gasteiger partial charge in [-0.15, -0.1) is 0 Å². The summed E-state index contributed by atoms with van der Waals surface area (Å²) in [6.07, 6.45) is 11.5. The molecule has 0 spiro atoms. The van der Waals surface area contributed by atoms with Gasteiger partial charge < -0.3 is 10.5 Å². The fourth-order valence-electron chi connectivity index (χ4n) is 1.66. The standard InChI is InChI=1S/C13H27NO2/c1-2-3-4-5-6-7-8-9-10-11-16-13(15)12-14/h2-12,14H2,1H3. The molecule has 16 heavy (non-hydrogen) atoms. The van der Waals surface area contributed by atoms with Crippen LogP contribution >= 0.6 is 0 Å². The van der Waals surface area contributed by atoms with E-state index in [1.54, 1.807) is 0 Å². The monoisotopic (exact) mass is 229 g/mol. The Kier molecular flexibility index (Phi) is 12.1. The lowest BCUT2D eigenvalue weighted by Gasteiger charge is -2.03. The van der Waals surface area contributed by atoms with E-state index in [2.05, 4.69) is 6.92 Å². The third-order valence-electron chi connectivity index (χ3n) is 2.68. The van der Waals surface area contributed by atoms with Gasteiger partial charge >= 0.3 is 5.97 Å². The molecule has 0 aromatic rings. The van der Waals surface area contributed by atoms with Crippen LogP contribution in [-0.2, 0) is 9.53 Å². The number of ether oxygens (including phenoxy) is 1. The molecule has 3 nitrogen and oxygen atoms in total. The van der Waals surface area contributed by atoms with Crippen LogP contribution in [0.4, 0.5) is 0 Å². The third kappa shape index (κ3) is 11.5. The number of esters is 1. The highest BCUT2D eigenvalue weighted by atomic mass is 16.5. The number of unbranched alkanes of at least 4 members (excludes halogenated alkanes) is 8. The molecule has 0 saturated heterocycles. The highest BCUT2D eigenvalue weighted by molar-refractivity contribution is 5.71. The Morgan fingerprint density at radius 1 is 0.938 bits per heavy atom. The van der Waals surface area contributed by atoms with Gasteiger partial charge in [-0.05, 0) is 6.42 Å². The van der Waals surface area contributed by atoms with Crippen LogP contribution in [0.5, 0.6) is 0 Å². The Balaban J connectivity index is 2.96. The van der Waals surface area contributed by atoms with Crippen LogP contribution in [0.25, 0.3) is 0 Å². The van der Waals surface area contributed by atoms with Crippen molar-refractivity contribution in [2.75, 3.05) is 13.2 Å². The van der Waals surface area contributed by atoms with Crippen LogP contribution in [0.3, 0.4) is 0 Å². The van der Waals surface area contributed by atoms with Crippen molar-refractivity contribution in [2.24, 2.45) is 5.73 Å². The van der Waals surface area contributed by atoms with Gasteiger partial charge in [-0.2, -0.15) is 0 Å². The zero-order valence-corrected chi connectivity index (χ0v) is 10.7. The normalized spacial score (nSPS) is 10.4. The molecule has 0 aliphatic rings. The zero-order chi connectivity index (χ0) is 12.1. The minimum atomic E-state index is -0.292. The van der Waals surface area contributed by atoms with Gasteiger partial charge in [0.15, 0.2) is 0 Å². The van der Waals surface area contributed by atoms with Crippen molar-refractivity contribution in [3.05, 3.63) is 0 Å². The number of carbonyl (C=O) groups is 1. The van der Waals surface area contributed by atoms with Gasteiger partial charge in [0.05, 0.1) is 13.2 Å². The minimum absolute atomic E-state index is 0.00255. The van der Waals surface area contributed by atoms with Crippen molar-refractivity contribution in [1.29, 1.82) is 0 Å². The first-order valence-electron chi connectivity index (χ1n) is 6.67. The second kappa shape index (κ2) is 12.5. The van der Waals surface area contributed by atoms with Crippen molar-refractivity contribution in [3.8, 4) is 0 Å². The van der Waals surface area contributed by atoms with Crippen LogP contribution in [0.15, 0.2) is 0 Å². The maximum atomic E-state index is 10.7. The van der Waals surface area contributed by atoms with Crippen molar-refractivity contribution >= 4 is 5.97 Å². The van der Waals surface area contributed by atoms with Crippen LogP contribution < -0.4 is 5.73 Å². The molecule has 0 bridgehead atoms. The minimum Gasteiger partial charge on any atom is -0.465 e. The average Bonchev–Trinajstić information content (AvgIpc) is 2.31. The van der Waals surface area contributed by atoms with Gasteiger partial charge in [0.1, 0.15) is 0 Å². The lowest BCUT2D eigenvalue weighted by atomic mass is 10.1.